The second kappa shape index (κ2) is 8.91. The minimum atomic E-state index is -1.67. The Morgan fingerprint density at radius 1 is 1.18 bits per heavy atom. The van der Waals surface area contributed by atoms with E-state index >= 15 is 0 Å². The van der Waals surface area contributed by atoms with Crippen molar-refractivity contribution in [2.75, 3.05) is 26.0 Å². The fraction of sp³-hybridized carbons (Fsp3) is 0.474. The smallest absolute Gasteiger partial charge is 0.412 e. The number of benzene rings is 1. The number of anilines is 1. The molecule has 154 valence electrons. The summed E-state index contributed by atoms with van der Waals surface area (Å²) in [4.78, 5) is 14.2. The Kier molecular flexibility index (Phi) is 7.26. The van der Waals surface area contributed by atoms with Gasteiger partial charge in [-0.25, -0.2) is 9.48 Å². The van der Waals surface area contributed by atoms with E-state index in [0.29, 0.717) is 5.82 Å². The topological polar surface area (TPSA) is 59.4 Å². The lowest BCUT2D eigenvalue weighted by Crippen LogP contribution is -2.22. The van der Waals surface area contributed by atoms with Crippen LogP contribution in [-0.2, 0) is 16.7 Å². The van der Waals surface area contributed by atoms with Gasteiger partial charge >= 0.3 is 6.09 Å². The molecule has 1 aromatic heterocycles. The van der Waals surface area contributed by atoms with Gasteiger partial charge in [0.2, 0.25) is 3.79 Å². The van der Waals surface area contributed by atoms with Crippen LogP contribution in [-0.4, -0.2) is 45.3 Å². The maximum Gasteiger partial charge on any atom is 0.412 e. The number of aromatic nitrogens is 2. The highest BCUT2D eigenvalue weighted by atomic mass is 35.6. The summed E-state index contributed by atoms with van der Waals surface area (Å²) in [6, 6.07) is 9.77. The number of rotatable bonds is 5. The Morgan fingerprint density at radius 2 is 1.79 bits per heavy atom. The molecule has 1 aromatic carbocycles. The molecule has 0 atom stereocenters. The first-order valence-electron chi connectivity index (χ1n) is 8.70. The standard InChI is InChI=1S/C19H25Cl3N4O2/c1-18(2,3)15-10-16(23-17(27)28-12-19(20,21)22)26(24-15)14-8-6-13(7-9-14)11-25(4)5/h6-10H,11-12H2,1-5H3,(H,23,27). The first-order chi connectivity index (χ1) is 12.8. The SMILES string of the molecule is CN(C)Cc1ccc(-n2nc(C(C)(C)C)cc2NC(=O)OCC(Cl)(Cl)Cl)cc1. The van der Waals surface area contributed by atoms with E-state index < -0.39 is 9.89 Å². The molecule has 9 heteroatoms. The molecule has 28 heavy (non-hydrogen) atoms. The number of hydrogen-bond donors (Lipinski definition) is 1. The van der Waals surface area contributed by atoms with E-state index in [4.69, 9.17) is 39.5 Å². The third kappa shape index (κ3) is 6.85. The number of amides is 1. The van der Waals surface area contributed by atoms with Crippen molar-refractivity contribution < 1.29 is 9.53 Å². The number of hydrogen-bond acceptors (Lipinski definition) is 4. The highest BCUT2D eigenvalue weighted by molar-refractivity contribution is 6.67. The van der Waals surface area contributed by atoms with Crippen molar-refractivity contribution in [1.29, 1.82) is 0 Å². The fourth-order valence-electron chi connectivity index (χ4n) is 2.43. The van der Waals surface area contributed by atoms with Crippen molar-refractivity contribution in [2.45, 2.75) is 36.5 Å². The fourth-order valence-corrected chi connectivity index (χ4v) is 2.59. The Labute approximate surface area is 180 Å². The lowest BCUT2D eigenvalue weighted by molar-refractivity contribution is 0.163. The molecular formula is C19H25Cl3N4O2. The number of halogens is 3. The molecule has 2 aromatic rings. The summed E-state index contributed by atoms with van der Waals surface area (Å²) in [6.45, 7) is 6.62. The summed E-state index contributed by atoms with van der Waals surface area (Å²) in [5, 5.41) is 7.34. The van der Waals surface area contributed by atoms with E-state index in [2.05, 4.69) is 15.3 Å². The summed E-state index contributed by atoms with van der Waals surface area (Å²) in [5.74, 6) is 0.472. The van der Waals surface area contributed by atoms with E-state index in [-0.39, 0.29) is 12.0 Å². The van der Waals surface area contributed by atoms with Crippen molar-refractivity contribution in [1.82, 2.24) is 14.7 Å². The van der Waals surface area contributed by atoms with Crippen LogP contribution in [0.3, 0.4) is 0 Å². The Hall–Kier alpha value is -1.47. The van der Waals surface area contributed by atoms with Crippen LogP contribution >= 0.6 is 34.8 Å². The van der Waals surface area contributed by atoms with Gasteiger partial charge in [0.1, 0.15) is 12.4 Å². The van der Waals surface area contributed by atoms with Gasteiger partial charge in [0.25, 0.3) is 0 Å². The molecule has 0 aliphatic heterocycles. The van der Waals surface area contributed by atoms with Crippen LogP contribution in [0, 0.1) is 0 Å². The Bertz CT molecular complexity index is 806. The zero-order valence-electron chi connectivity index (χ0n) is 16.6. The van der Waals surface area contributed by atoms with Crippen molar-refractivity contribution in [3.8, 4) is 5.69 Å². The molecule has 0 saturated heterocycles. The highest BCUT2D eigenvalue weighted by Gasteiger charge is 2.24. The van der Waals surface area contributed by atoms with Gasteiger partial charge in [0, 0.05) is 18.0 Å². The third-order valence-electron chi connectivity index (χ3n) is 3.75. The number of alkyl halides is 3. The van der Waals surface area contributed by atoms with Crippen LogP contribution in [0.25, 0.3) is 5.69 Å². The van der Waals surface area contributed by atoms with Crippen molar-refractivity contribution in [3.05, 3.63) is 41.6 Å². The van der Waals surface area contributed by atoms with E-state index in [1.165, 1.54) is 5.56 Å². The first-order valence-corrected chi connectivity index (χ1v) is 9.84. The summed E-state index contributed by atoms with van der Waals surface area (Å²) < 4.78 is 4.96. The maximum atomic E-state index is 12.1. The second-order valence-corrected chi connectivity index (χ2v) is 10.3. The number of nitrogens with zero attached hydrogens (tertiary/aromatic N) is 3. The molecule has 0 bridgehead atoms. The molecule has 0 unspecified atom stereocenters. The lowest BCUT2D eigenvalue weighted by atomic mass is 9.92. The minimum absolute atomic E-state index is 0.200. The zero-order valence-corrected chi connectivity index (χ0v) is 18.9. The van der Waals surface area contributed by atoms with Gasteiger partial charge in [0.05, 0.1) is 11.4 Å². The third-order valence-corrected chi connectivity index (χ3v) is 4.08. The molecule has 1 heterocycles. The minimum Gasteiger partial charge on any atom is -0.445 e. The normalized spacial score (nSPS) is 12.3. The summed E-state index contributed by atoms with van der Waals surface area (Å²) in [6.07, 6.45) is -0.725. The quantitative estimate of drug-likeness (QED) is 0.644. The average molecular weight is 448 g/mol. The molecule has 0 spiro atoms. The molecular weight excluding hydrogens is 423 g/mol. The number of carbonyl (C=O) groups is 1. The molecule has 0 radical (unpaired) electrons. The molecule has 1 N–H and O–H groups in total. The van der Waals surface area contributed by atoms with Crippen molar-refractivity contribution >= 4 is 46.7 Å². The van der Waals surface area contributed by atoms with Crippen LogP contribution < -0.4 is 5.32 Å². The maximum absolute atomic E-state index is 12.1. The molecule has 2 rings (SSSR count). The zero-order chi connectivity index (χ0) is 21.1. The molecule has 0 aliphatic rings. The van der Waals surface area contributed by atoms with Gasteiger partial charge in [-0.3, -0.25) is 5.32 Å². The van der Waals surface area contributed by atoms with Crippen LogP contribution in [0.15, 0.2) is 30.3 Å². The summed E-state index contributed by atoms with van der Waals surface area (Å²) in [7, 11) is 4.03. The van der Waals surface area contributed by atoms with E-state index in [9.17, 15) is 4.79 Å². The first kappa shape index (κ1) is 22.8. The molecule has 0 saturated carbocycles. The van der Waals surface area contributed by atoms with Crippen molar-refractivity contribution in [2.24, 2.45) is 0 Å². The Morgan fingerprint density at radius 3 is 2.29 bits per heavy atom. The predicted molar refractivity (Wildman–Crippen MR) is 115 cm³/mol. The summed E-state index contributed by atoms with van der Waals surface area (Å²) >= 11 is 16.9. The van der Waals surface area contributed by atoms with Gasteiger partial charge < -0.3 is 9.64 Å². The number of carbonyl (C=O) groups excluding carboxylic acids is 1. The molecule has 6 nitrogen and oxygen atoms in total. The van der Waals surface area contributed by atoms with Crippen LogP contribution in [0.2, 0.25) is 0 Å². The van der Waals surface area contributed by atoms with Crippen LogP contribution in [0.5, 0.6) is 0 Å². The van der Waals surface area contributed by atoms with Gasteiger partial charge in [0.15, 0.2) is 0 Å². The monoisotopic (exact) mass is 446 g/mol. The van der Waals surface area contributed by atoms with E-state index in [0.717, 1.165) is 17.9 Å². The summed E-state index contributed by atoms with van der Waals surface area (Å²) in [5.41, 5.74) is 2.61. The predicted octanol–water partition coefficient (Wildman–Crippen LogP) is 5.15. The Balaban J connectivity index is 2.29. The van der Waals surface area contributed by atoms with Gasteiger partial charge in [-0.05, 0) is 31.8 Å². The van der Waals surface area contributed by atoms with Gasteiger partial charge in [-0.1, -0.05) is 67.7 Å². The van der Waals surface area contributed by atoms with Gasteiger partial charge in [-0.15, -0.1) is 0 Å². The number of nitrogens with one attached hydrogen (secondary N) is 1. The molecule has 0 aliphatic carbocycles. The molecule has 0 fully saturated rings. The van der Waals surface area contributed by atoms with Crippen LogP contribution in [0.1, 0.15) is 32.0 Å². The van der Waals surface area contributed by atoms with E-state index in [1.807, 2.05) is 65.2 Å². The second-order valence-electron chi connectivity index (χ2n) is 7.80. The lowest BCUT2D eigenvalue weighted by Gasteiger charge is -2.14. The number of ether oxygens (including phenoxy) is 1. The highest BCUT2D eigenvalue weighted by Crippen LogP contribution is 2.28. The van der Waals surface area contributed by atoms with E-state index in [1.54, 1.807) is 4.68 Å². The van der Waals surface area contributed by atoms with Gasteiger partial charge in [-0.2, -0.15) is 5.10 Å². The van der Waals surface area contributed by atoms with Crippen LogP contribution in [0.4, 0.5) is 10.6 Å². The largest absolute Gasteiger partial charge is 0.445 e. The average Bonchev–Trinajstić information content (AvgIpc) is 2.96. The molecule has 1 amide bonds. The van der Waals surface area contributed by atoms with Crippen molar-refractivity contribution in [3.63, 3.8) is 0 Å².